The number of carboxylic acid groups (broad SMARTS) is 1. The number of aryl methyl sites for hydroxylation is 2. The molecule has 0 radical (unpaired) electrons. The fourth-order valence-electron chi connectivity index (χ4n) is 10.2. The molecule has 4 heterocycles. The number of imide groups is 2. The molecule has 8 rings (SSSR count). The average molecular weight is 1050 g/mol. The van der Waals surface area contributed by atoms with E-state index in [0.29, 0.717) is 83.3 Å². The summed E-state index contributed by atoms with van der Waals surface area (Å²) in [5.74, 6) is -3.76. The van der Waals surface area contributed by atoms with Crippen molar-refractivity contribution in [1.82, 2.24) is 29.8 Å². The number of carbonyl (C=O) groups excluding carboxylic acids is 5. The van der Waals surface area contributed by atoms with Gasteiger partial charge < -0.3 is 35.3 Å². The highest BCUT2D eigenvalue weighted by Crippen LogP contribution is 2.44. The van der Waals surface area contributed by atoms with Crippen LogP contribution in [0.25, 0.3) is 22.4 Å². The van der Waals surface area contributed by atoms with E-state index in [0.717, 1.165) is 42.7 Å². The van der Waals surface area contributed by atoms with Gasteiger partial charge in [0.1, 0.15) is 17.6 Å². The summed E-state index contributed by atoms with van der Waals surface area (Å²) >= 11 is 0. The summed E-state index contributed by atoms with van der Waals surface area (Å²) in [6.45, 7) is 5.81. The van der Waals surface area contributed by atoms with Crippen molar-refractivity contribution in [2.24, 2.45) is 0 Å². The standard InChI is InChI=1S/C58H65FN8O10/c1-36(2)53-52(56(74)61-40-15-7-6-8-16-40)50(54(37-21-23-39(59)24-22-37)66(53)30-27-42(68)33-43(69)34-49(71)72)38-14-11-18-44(32-38)77-31-13-17-41-35-65(64-63-41)29-10-5-3-4-9-28-60-46-20-12-19-45-51(46)58(76)67(57(45)75)47-25-26-48(70)62-55(47)73/h6-8,11-12,14-16,18-24,32,35-36,42-43,47,60,68-69H,3-5,9-10,13,17,25-31,33-34H2,1-2H3,(H,61,74)(H,71,72)(H,62,70,73). The van der Waals surface area contributed by atoms with Crippen molar-refractivity contribution in [1.29, 1.82) is 0 Å². The zero-order valence-corrected chi connectivity index (χ0v) is 43.3. The highest BCUT2D eigenvalue weighted by atomic mass is 19.1. The Morgan fingerprint density at radius 1 is 0.831 bits per heavy atom. The second kappa shape index (κ2) is 25.7. The predicted octanol–water partition coefficient (Wildman–Crippen LogP) is 8.38. The van der Waals surface area contributed by atoms with Crippen LogP contribution in [0.15, 0.2) is 103 Å². The van der Waals surface area contributed by atoms with Crippen molar-refractivity contribution in [3.63, 3.8) is 0 Å². The minimum absolute atomic E-state index is 0.0600. The molecule has 0 aliphatic carbocycles. The molecule has 3 atom stereocenters. The number of hydrogen-bond acceptors (Lipinski definition) is 12. The molecule has 6 N–H and O–H groups in total. The van der Waals surface area contributed by atoms with Crippen molar-refractivity contribution in [2.45, 2.75) is 128 Å². The van der Waals surface area contributed by atoms with E-state index in [9.17, 15) is 48.5 Å². The number of aliphatic hydroxyl groups excluding tert-OH is 2. The van der Waals surface area contributed by atoms with Crippen LogP contribution in [0.2, 0.25) is 0 Å². The molecule has 77 heavy (non-hydrogen) atoms. The molecule has 2 aliphatic rings. The fourth-order valence-corrected chi connectivity index (χ4v) is 10.2. The quantitative estimate of drug-likeness (QED) is 0.0210. The van der Waals surface area contributed by atoms with Gasteiger partial charge in [0.2, 0.25) is 11.8 Å². The molecule has 1 fully saturated rings. The lowest BCUT2D eigenvalue weighted by Gasteiger charge is -2.27. The first-order chi connectivity index (χ1) is 37.2. The Labute approximate surface area is 445 Å². The van der Waals surface area contributed by atoms with Crippen molar-refractivity contribution in [3.05, 3.63) is 137 Å². The van der Waals surface area contributed by atoms with E-state index in [2.05, 4.69) is 26.3 Å². The van der Waals surface area contributed by atoms with Gasteiger partial charge in [-0.2, -0.15) is 0 Å². The number of nitrogens with one attached hydrogen (secondary N) is 3. The Morgan fingerprint density at radius 2 is 1.58 bits per heavy atom. The van der Waals surface area contributed by atoms with E-state index in [1.54, 1.807) is 42.5 Å². The molecule has 18 nitrogen and oxygen atoms in total. The summed E-state index contributed by atoms with van der Waals surface area (Å²) < 4.78 is 24.6. The van der Waals surface area contributed by atoms with Gasteiger partial charge in [-0.25, -0.2) is 4.39 Å². The number of fused-ring (bicyclic) bond motifs is 1. The second-order valence-corrected chi connectivity index (χ2v) is 19.9. The van der Waals surface area contributed by atoms with Gasteiger partial charge >= 0.3 is 5.97 Å². The lowest BCUT2D eigenvalue weighted by Crippen LogP contribution is -2.54. The maximum Gasteiger partial charge on any atom is 0.305 e. The number of carboxylic acids is 1. The van der Waals surface area contributed by atoms with E-state index in [1.807, 2.05) is 71.8 Å². The summed E-state index contributed by atoms with van der Waals surface area (Å²) in [7, 11) is 0. The van der Waals surface area contributed by atoms with E-state index >= 15 is 0 Å². The highest BCUT2D eigenvalue weighted by molar-refractivity contribution is 6.25. The van der Waals surface area contributed by atoms with Gasteiger partial charge in [-0.15, -0.1) is 5.10 Å². The normalized spacial score (nSPS) is 15.1. The van der Waals surface area contributed by atoms with Crippen LogP contribution < -0.4 is 20.7 Å². The Bertz CT molecular complexity index is 3080. The Kier molecular flexibility index (Phi) is 18.4. The molecule has 0 saturated carbocycles. The number of amides is 5. The number of aliphatic hydroxyl groups is 2. The number of rotatable bonds is 27. The summed E-state index contributed by atoms with van der Waals surface area (Å²) in [4.78, 5) is 77.6. The SMILES string of the molecule is CC(C)c1c(C(=O)Nc2ccccc2)c(-c2cccc(OCCCc3cn(CCCCCCCNc4cccc5c4C(=O)N(C4CCC(=O)NC4=O)C5=O)nn3)c2)c(-c2ccc(F)cc2)n1CCC(O)CC(O)CC(=O)O. The number of nitrogens with zero attached hydrogens (tertiary/aromatic N) is 5. The number of benzene rings is 4. The number of para-hydroxylation sites is 1. The lowest BCUT2D eigenvalue weighted by atomic mass is 9.94. The molecular weight excluding hydrogens is 988 g/mol. The number of hydrogen-bond donors (Lipinski definition) is 6. The van der Waals surface area contributed by atoms with Crippen molar-refractivity contribution >= 4 is 46.9 Å². The number of ether oxygens (including phenoxy) is 1. The first kappa shape index (κ1) is 55.2. The molecule has 0 bridgehead atoms. The summed E-state index contributed by atoms with van der Waals surface area (Å²) in [5.41, 5.74) is 6.03. The van der Waals surface area contributed by atoms with Gasteiger partial charge in [0.05, 0.1) is 53.3 Å². The van der Waals surface area contributed by atoms with Gasteiger partial charge in [0.15, 0.2) is 0 Å². The molecule has 19 heteroatoms. The molecule has 0 spiro atoms. The molecule has 2 aromatic heterocycles. The summed E-state index contributed by atoms with van der Waals surface area (Å²) in [6, 6.07) is 26.6. The van der Waals surface area contributed by atoms with Crippen molar-refractivity contribution < 1.29 is 53.2 Å². The maximum atomic E-state index is 14.7. The maximum absolute atomic E-state index is 14.7. The number of anilines is 2. The van der Waals surface area contributed by atoms with Gasteiger partial charge in [0, 0.05) is 54.9 Å². The van der Waals surface area contributed by atoms with Gasteiger partial charge in [-0.1, -0.05) is 74.7 Å². The van der Waals surface area contributed by atoms with Crippen LogP contribution in [-0.4, -0.2) is 107 Å². The van der Waals surface area contributed by atoms with Crippen molar-refractivity contribution in [2.75, 3.05) is 23.8 Å². The number of unbranched alkanes of at least 4 members (excludes halogenated alkanes) is 4. The molecule has 3 unspecified atom stereocenters. The molecule has 404 valence electrons. The monoisotopic (exact) mass is 1050 g/mol. The molecular formula is C58H65FN8O10. The minimum Gasteiger partial charge on any atom is -0.494 e. The van der Waals surface area contributed by atoms with Crippen LogP contribution in [0.5, 0.6) is 5.75 Å². The van der Waals surface area contributed by atoms with Crippen LogP contribution >= 0.6 is 0 Å². The highest BCUT2D eigenvalue weighted by Gasteiger charge is 2.45. The largest absolute Gasteiger partial charge is 0.494 e. The number of aromatic nitrogens is 4. The lowest BCUT2D eigenvalue weighted by molar-refractivity contribution is -0.140. The zero-order valence-electron chi connectivity index (χ0n) is 43.3. The van der Waals surface area contributed by atoms with Gasteiger partial charge in [0.25, 0.3) is 17.7 Å². The second-order valence-electron chi connectivity index (χ2n) is 19.9. The first-order valence-electron chi connectivity index (χ1n) is 26.3. The van der Waals surface area contributed by atoms with Crippen LogP contribution in [0.4, 0.5) is 15.8 Å². The summed E-state index contributed by atoms with van der Waals surface area (Å²) in [6.07, 6.45) is 5.23. The zero-order chi connectivity index (χ0) is 54.6. The molecule has 1 saturated heterocycles. The average Bonchev–Trinajstić information content (AvgIpc) is 4.10. The van der Waals surface area contributed by atoms with E-state index < -0.39 is 60.1 Å². The smallest absolute Gasteiger partial charge is 0.305 e. The topological polar surface area (TPSA) is 247 Å². The Balaban J connectivity index is 0.860. The van der Waals surface area contributed by atoms with Crippen LogP contribution in [0.3, 0.4) is 0 Å². The van der Waals surface area contributed by atoms with Crippen LogP contribution in [-0.2, 0) is 33.9 Å². The van der Waals surface area contributed by atoms with Gasteiger partial charge in [-0.05, 0) is 123 Å². The van der Waals surface area contributed by atoms with Crippen molar-refractivity contribution in [3.8, 4) is 28.1 Å². The number of aliphatic carboxylic acids is 1. The van der Waals surface area contributed by atoms with E-state index in [4.69, 9.17) is 4.74 Å². The Morgan fingerprint density at radius 3 is 2.34 bits per heavy atom. The van der Waals surface area contributed by atoms with Crippen LogP contribution in [0, 0.1) is 5.82 Å². The first-order valence-corrected chi connectivity index (χ1v) is 26.3. The van der Waals surface area contributed by atoms with E-state index in [1.165, 1.54) is 12.1 Å². The predicted molar refractivity (Wildman–Crippen MR) is 286 cm³/mol. The minimum atomic E-state index is -1.25. The van der Waals surface area contributed by atoms with Crippen LogP contribution in [0.1, 0.15) is 133 Å². The third-order valence-electron chi connectivity index (χ3n) is 13.8. The Hall–Kier alpha value is -8.03. The third kappa shape index (κ3) is 13.7. The fraction of sp³-hybridized carbons (Fsp3) is 0.379. The number of carbonyl (C=O) groups is 6. The number of piperidine rings is 1. The number of halogens is 1. The van der Waals surface area contributed by atoms with Gasteiger partial charge in [-0.3, -0.25) is 43.7 Å². The molecule has 5 amide bonds. The molecule has 6 aromatic rings. The summed E-state index contributed by atoms with van der Waals surface area (Å²) in [5, 5.41) is 47.9. The van der Waals surface area contributed by atoms with E-state index in [-0.39, 0.29) is 55.2 Å². The molecule has 2 aliphatic heterocycles. The molecule has 4 aromatic carbocycles. The third-order valence-corrected chi connectivity index (χ3v) is 13.8.